The molecule has 3 N–H and O–H groups in total. The molecule has 0 saturated carbocycles. The lowest BCUT2D eigenvalue weighted by Crippen LogP contribution is -2.47. The van der Waals surface area contributed by atoms with E-state index in [1.54, 1.807) is 0 Å². The molecule has 9 nitrogen and oxygen atoms in total. The number of carboxylic acid groups (broad SMARTS) is 1. The number of aliphatic hydroxyl groups is 1. The third-order valence-corrected chi connectivity index (χ3v) is 8.39. The van der Waals surface area contributed by atoms with Gasteiger partial charge in [-0.1, -0.05) is 73.7 Å². The van der Waals surface area contributed by atoms with Gasteiger partial charge in [0.15, 0.2) is 6.29 Å². The molecule has 0 bridgehead atoms. The second-order valence-corrected chi connectivity index (χ2v) is 11.6. The molecule has 5 rings (SSSR count). The molecular formula is C35H42N2O7. The van der Waals surface area contributed by atoms with E-state index in [1.165, 1.54) is 0 Å². The van der Waals surface area contributed by atoms with Crippen LogP contribution in [0.3, 0.4) is 0 Å². The number of hydrogen-bond donors (Lipinski definition) is 3. The topological polar surface area (TPSA) is 118 Å². The van der Waals surface area contributed by atoms with Gasteiger partial charge in [-0.2, -0.15) is 0 Å². The highest BCUT2D eigenvalue weighted by molar-refractivity contribution is 5.76. The number of nitrogens with zero attached hydrogens (tertiary/aromatic N) is 1. The zero-order chi connectivity index (χ0) is 30.9. The Bertz CT molecular complexity index is 1370. The minimum atomic E-state index is -0.895. The van der Waals surface area contributed by atoms with Gasteiger partial charge < -0.3 is 29.7 Å². The van der Waals surface area contributed by atoms with E-state index in [9.17, 15) is 14.7 Å². The fourth-order valence-electron chi connectivity index (χ4n) is 5.75. The van der Waals surface area contributed by atoms with Crippen molar-refractivity contribution in [2.75, 3.05) is 32.8 Å². The Kier molecular flexibility index (Phi) is 11.1. The fourth-order valence-corrected chi connectivity index (χ4v) is 5.75. The first kappa shape index (κ1) is 31.8. The van der Waals surface area contributed by atoms with Gasteiger partial charge in [-0.05, 0) is 40.3 Å². The van der Waals surface area contributed by atoms with Crippen molar-refractivity contribution in [1.29, 1.82) is 0 Å². The van der Waals surface area contributed by atoms with E-state index in [0.29, 0.717) is 13.0 Å². The summed E-state index contributed by atoms with van der Waals surface area (Å²) >= 11 is 0. The largest absolute Gasteiger partial charge is 0.481 e. The van der Waals surface area contributed by atoms with E-state index in [4.69, 9.17) is 19.3 Å². The van der Waals surface area contributed by atoms with Crippen LogP contribution in [0.5, 0.6) is 0 Å². The molecular weight excluding hydrogens is 560 g/mol. The third-order valence-electron chi connectivity index (χ3n) is 8.39. The summed E-state index contributed by atoms with van der Waals surface area (Å²) in [6, 6.07) is 24.2. The summed E-state index contributed by atoms with van der Waals surface area (Å²) in [4.78, 5) is 25.2. The highest BCUT2D eigenvalue weighted by Gasteiger charge is 2.39. The summed E-state index contributed by atoms with van der Waals surface area (Å²) in [5.74, 6) is -0.931. The van der Waals surface area contributed by atoms with Crippen LogP contribution >= 0.6 is 0 Å². The monoisotopic (exact) mass is 602 g/mol. The Morgan fingerprint density at radius 1 is 0.886 bits per heavy atom. The summed E-state index contributed by atoms with van der Waals surface area (Å²) in [7, 11) is 0. The van der Waals surface area contributed by atoms with Gasteiger partial charge in [-0.25, -0.2) is 0 Å². The number of aliphatic hydroxyl groups excluding tert-OH is 1. The molecule has 0 radical (unpaired) electrons. The van der Waals surface area contributed by atoms with Crippen LogP contribution in [0, 0.1) is 5.92 Å². The molecule has 2 fully saturated rings. The van der Waals surface area contributed by atoms with Gasteiger partial charge in [0.2, 0.25) is 5.91 Å². The number of benzene rings is 3. The van der Waals surface area contributed by atoms with E-state index in [-0.39, 0.29) is 43.5 Å². The predicted molar refractivity (Wildman–Crippen MR) is 165 cm³/mol. The Labute approximate surface area is 258 Å². The predicted octanol–water partition coefficient (Wildman–Crippen LogP) is 4.84. The minimum Gasteiger partial charge on any atom is -0.481 e. The van der Waals surface area contributed by atoms with E-state index in [1.807, 2.05) is 60.7 Å². The zero-order valence-electron chi connectivity index (χ0n) is 25.2. The Morgan fingerprint density at radius 3 is 2.32 bits per heavy atom. The van der Waals surface area contributed by atoms with Crippen LogP contribution < -0.4 is 5.32 Å². The first-order valence-electron chi connectivity index (χ1n) is 15.4. The van der Waals surface area contributed by atoms with E-state index in [2.05, 4.69) is 29.3 Å². The number of carbonyl (C=O) groups is 2. The second-order valence-electron chi connectivity index (χ2n) is 11.6. The van der Waals surface area contributed by atoms with E-state index >= 15 is 0 Å². The molecule has 2 aliphatic heterocycles. The van der Waals surface area contributed by atoms with Gasteiger partial charge >= 0.3 is 5.97 Å². The van der Waals surface area contributed by atoms with Crippen molar-refractivity contribution in [1.82, 2.24) is 10.2 Å². The highest BCUT2D eigenvalue weighted by Crippen LogP contribution is 2.42. The number of carbonyl (C=O) groups excluding carboxylic acids is 1. The van der Waals surface area contributed by atoms with Gasteiger partial charge in [-0.15, -0.1) is 0 Å². The van der Waals surface area contributed by atoms with Crippen molar-refractivity contribution >= 4 is 11.9 Å². The minimum absolute atomic E-state index is 0.00520. The second kappa shape index (κ2) is 15.4. The molecule has 0 aromatic heterocycles. The molecule has 234 valence electrons. The smallest absolute Gasteiger partial charge is 0.303 e. The number of carboxylic acids is 1. The van der Waals surface area contributed by atoms with Crippen molar-refractivity contribution < 1.29 is 34.0 Å². The molecule has 3 aromatic carbocycles. The molecule has 3 aromatic rings. The summed E-state index contributed by atoms with van der Waals surface area (Å²) in [6.45, 7) is 6.60. The quantitative estimate of drug-likeness (QED) is 0.270. The Morgan fingerprint density at radius 2 is 1.61 bits per heavy atom. The standard InChI is InChI=1S/C35H42N2O7/c1-24-31(22-37-16-18-42-19-17-37)43-35(44-34(24)28-10-8-25(23-38)9-11-28)29-14-12-27(13-15-29)30-5-2-4-26(20-30)21-36-32(39)6-3-7-33(40)41/h2,4-5,8-15,20,24,31,34-35,38H,3,6-7,16-19,21-23H2,1H3,(H,36,39)(H,40,41)/t24-,31+,34+,35+/m1/s1. The number of ether oxygens (including phenoxy) is 3. The summed E-state index contributed by atoms with van der Waals surface area (Å²) in [5, 5.41) is 21.2. The van der Waals surface area contributed by atoms with Gasteiger partial charge in [0, 0.05) is 50.5 Å². The number of rotatable bonds is 12. The molecule has 2 saturated heterocycles. The van der Waals surface area contributed by atoms with Crippen LogP contribution in [-0.4, -0.2) is 65.9 Å². The lowest BCUT2D eigenvalue weighted by Gasteiger charge is -2.43. The van der Waals surface area contributed by atoms with Crippen LogP contribution in [0.1, 0.15) is 60.8 Å². The summed E-state index contributed by atoms with van der Waals surface area (Å²) in [5.41, 5.74) is 5.90. The Hall–Kier alpha value is -3.60. The average Bonchev–Trinajstić information content (AvgIpc) is 3.05. The van der Waals surface area contributed by atoms with Gasteiger partial charge in [0.05, 0.1) is 32.0 Å². The first-order valence-corrected chi connectivity index (χ1v) is 15.4. The Balaban J connectivity index is 1.28. The SMILES string of the molecule is C[C@@H]1[C@H](CN2CCOCC2)O[C@H](c2ccc(-c3cccc(CNC(=O)CCCC(=O)O)c3)cc2)O[C@@H]1c1ccc(CO)cc1. The van der Waals surface area contributed by atoms with Gasteiger partial charge in [0.1, 0.15) is 0 Å². The van der Waals surface area contributed by atoms with Crippen LogP contribution in [0.25, 0.3) is 11.1 Å². The summed E-state index contributed by atoms with van der Waals surface area (Å²) < 4.78 is 18.8. The van der Waals surface area contributed by atoms with Crippen molar-refractivity contribution in [3.05, 3.63) is 95.1 Å². The maximum Gasteiger partial charge on any atom is 0.303 e. The molecule has 9 heteroatoms. The van der Waals surface area contributed by atoms with Gasteiger partial charge in [0.25, 0.3) is 0 Å². The number of aliphatic carboxylic acids is 1. The van der Waals surface area contributed by atoms with Crippen molar-refractivity contribution in [2.24, 2.45) is 5.92 Å². The lowest BCUT2D eigenvalue weighted by molar-refractivity contribution is -0.277. The van der Waals surface area contributed by atoms with Crippen LogP contribution in [0.2, 0.25) is 0 Å². The van der Waals surface area contributed by atoms with Crippen molar-refractivity contribution in [3.8, 4) is 11.1 Å². The van der Waals surface area contributed by atoms with E-state index < -0.39 is 12.3 Å². The van der Waals surface area contributed by atoms with Crippen LogP contribution in [0.4, 0.5) is 0 Å². The maximum absolute atomic E-state index is 12.1. The van der Waals surface area contributed by atoms with Crippen LogP contribution in [-0.2, 0) is 37.0 Å². The number of amides is 1. The lowest BCUT2D eigenvalue weighted by atomic mass is 9.90. The molecule has 44 heavy (non-hydrogen) atoms. The molecule has 0 aliphatic carbocycles. The van der Waals surface area contributed by atoms with Crippen molar-refractivity contribution in [2.45, 2.75) is 57.8 Å². The molecule has 4 atom stereocenters. The molecule has 0 unspecified atom stereocenters. The molecule has 2 aliphatic rings. The number of nitrogens with one attached hydrogen (secondary N) is 1. The van der Waals surface area contributed by atoms with E-state index in [0.717, 1.165) is 66.2 Å². The summed E-state index contributed by atoms with van der Waals surface area (Å²) in [6.07, 6.45) is -0.225. The third kappa shape index (κ3) is 8.52. The van der Waals surface area contributed by atoms with Crippen molar-refractivity contribution in [3.63, 3.8) is 0 Å². The number of morpholine rings is 1. The molecule has 2 heterocycles. The fraction of sp³-hybridized carbons (Fsp3) is 0.429. The molecule has 1 amide bonds. The normalized spacial score (nSPS) is 22.4. The first-order chi connectivity index (χ1) is 21.4. The molecule has 0 spiro atoms. The highest BCUT2D eigenvalue weighted by atomic mass is 16.7. The maximum atomic E-state index is 12.1. The average molecular weight is 603 g/mol. The van der Waals surface area contributed by atoms with Gasteiger partial charge in [-0.3, -0.25) is 14.5 Å². The van der Waals surface area contributed by atoms with Crippen LogP contribution in [0.15, 0.2) is 72.8 Å². The number of hydrogen-bond acceptors (Lipinski definition) is 7. The zero-order valence-corrected chi connectivity index (χ0v) is 25.2.